The van der Waals surface area contributed by atoms with E-state index < -0.39 is 15.9 Å². The number of sulfonamides is 1. The number of rotatable bonds is 9. The van der Waals surface area contributed by atoms with Crippen molar-refractivity contribution < 1.29 is 22.7 Å². The molecule has 3 aromatic rings. The number of benzene rings is 3. The van der Waals surface area contributed by atoms with E-state index in [1.807, 2.05) is 36.4 Å². The number of anilines is 1. The van der Waals surface area contributed by atoms with Crippen molar-refractivity contribution in [2.45, 2.75) is 18.7 Å². The Kier molecular flexibility index (Phi) is 7.14. The average Bonchev–Trinajstić information content (AvgIpc) is 2.78. The molecule has 1 amide bonds. The second-order valence-electron chi connectivity index (χ2n) is 6.80. The molecule has 0 saturated heterocycles. The minimum atomic E-state index is -3.67. The molecule has 3 aromatic carbocycles. The zero-order valence-electron chi connectivity index (χ0n) is 17.8. The molecule has 3 rings (SSSR count). The number of carbonyl (C=O) groups excluding carboxylic acids is 1. The highest BCUT2D eigenvalue weighted by molar-refractivity contribution is 7.89. The molecule has 0 heterocycles. The lowest BCUT2D eigenvalue weighted by Crippen LogP contribution is -2.30. The van der Waals surface area contributed by atoms with Crippen LogP contribution in [0.5, 0.6) is 11.5 Å². The van der Waals surface area contributed by atoms with Gasteiger partial charge in [-0.2, -0.15) is 4.31 Å². The van der Waals surface area contributed by atoms with Gasteiger partial charge in [0.05, 0.1) is 17.7 Å². The van der Waals surface area contributed by atoms with Crippen LogP contribution in [-0.4, -0.2) is 45.4 Å². The Bertz CT molecular complexity index is 1170. The van der Waals surface area contributed by atoms with Crippen LogP contribution in [-0.2, 0) is 14.8 Å². The third kappa shape index (κ3) is 5.15. The van der Waals surface area contributed by atoms with Gasteiger partial charge in [0, 0.05) is 13.1 Å². The number of nitrogens with one attached hydrogen (secondary N) is 1. The van der Waals surface area contributed by atoms with Crippen LogP contribution in [0.2, 0.25) is 0 Å². The van der Waals surface area contributed by atoms with E-state index in [1.54, 1.807) is 19.9 Å². The average molecular weight is 443 g/mol. The zero-order valence-corrected chi connectivity index (χ0v) is 18.6. The quantitative estimate of drug-likeness (QED) is 0.543. The Labute approximate surface area is 182 Å². The highest BCUT2D eigenvalue weighted by atomic mass is 32.2. The van der Waals surface area contributed by atoms with Gasteiger partial charge >= 0.3 is 0 Å². The number of methoxy groups -OCH3 is 1. The van der Waals surface area contributed by atoms with Crippen LogP contribution in [0, 0.1) is 0 Å². The molecule has 8 heteroatoms. The first-order valence-electron chi connectivity index (χ1n) is 9.98. The highest BCUT2D eigenvalue weighted by Crippen LogP contribution is 2.29. The molecule has 31 heavy (non-hydrogen) atoms. The molecular formula is C23H26N2O5S. The van der Waals surface area contributed by atoms with E-state index in [4.69, 9.17) is 9.47 Å². The van der Waals surface area contributed by atoms with Gasteiger partial charge in [0.2, 0.25) is 10.0 Å². The van der Waals surface area contributed by atoms with Crippen molar-refractivity contribution in [3.63, 3.8) is 0 Å². The molecule has 164 valence electrons. The first-order chi connectivity index (χ1) is 14.9. The predicted octanol–water partition coefficient (Wildman–Crippen LogP) is 3.90. The van der Waals surface area contributed by atoms with Crippen LogP contribution < -0.4 is 14.8 Å². The van der Waals surface area contributed by atoms with Gasteiger partial charge in [-0.1, -0.05) is 44.2 Å². The number of hydrogen-bond donors (Lipinski definition) is 1. The fourth-order valence-electron chi connectivity index (χ4n) is 3.25. The molecule has 0 aliphatic carbocycles. The number of carbonyl (C=O) groups is 1. The summed E-state index contributed by atoms with van der Waals surface area (Å²) >= 11 is 0. The summed E-state index contributed by atoms with van der Waals surface area (Å²) in [6.45, 7) is 4.03. The Balaban J connectivity index is 1.74. The van der Waals surface area contributed by atoms with E-state index in [2.05, 4.69) is 5.32 Å². The molecule has 0 saturated carbocycles. The van der Waals surface area contributed by atoms with E-state index >= 15 is 0 Å². The fraction of sp³-hybridized carbons (Fsp3) is 0.261. The van der Waals surface area contributed by atoms with Gasteiger partial charge in [0.25, 0.3) is 5.91 Å². The third-order valence-electron chi connectivity index (χ3n) is 4.88. The van der Waals surface area contributed by atoms with Crippen molar-refractivity contribution in [1.29, 1.82) is 0 Å². The van der Waals surface area contributed by atoms with Gasteiger partial charge < -0.3 is 14.8 Å². The maximum Gasteiger partial charge on any atom is 0.262 e. The summed E-state index contributed by atoms with van der Waals surface area (Å²) in [5, 5.41) is 4.77. The van der Waals surface area contributed by atoms with E-state index in [9.17, 15) is 13.2 Å². The van der Waals surface area contributed by atoms with E-state index in [-0.39, 0.29) is 17.2 Å². The SMILES string of the molecule is CCN(CC)S(=O)(=O)c1ccc(OC)c(NC(=O)COc2ccc3ccccc3c2)c1. The van der Waals surface area contributed by atoms with Gasteiger partial charge in [-0.3, -0.25) is 4.79 Å². The van der Waals surface area contributed by atoms with Crippen LogP contribution in [0.1, 0.15) is 13.8 Å². The molecule has 0 fully saturated rings. The van der Waals surface area contributed by atoms with E-state index in [1.165, 1.54) is 29.6 Å². The summed E-state index contributed by atoms with van der Waals surface area (Å²) in [7, 11) is -2.21. The van der Waals surface area contributed by atoms with Crippen molar-refractivity contribution in [3.8, 4) is 11.5 Å². The third-order valence-corrected chi connectivity index (χ3v) is 6.92. The summed E-state index contributed by atoms with van der Waals surface area (Å²) in [6.07, 6.45) is 0. The molecule has 0 atom stereocenters. The number of amides is 1. The standard InChI is InChI=1S/C23H26N2O5S/c1-4-25(5-2)31(27,28)20-12-13-22(29-3)21(15-20)24-23(26)16-30-19-11-10-17-8-6-7-9-18(17)14-19/h6-15H,4-5,16H2,1-3H3,(H,24,26). The molecule has 0 aliphatic heterocycles. The normalized spacial score (nSPS) is 11.5. The number of fused-ring (bicyclic) bond motifs is 1. The van der Waals surface area contributed by atoms with Gasteiger partial charge in [-0.05, 0) is 41.1 Å². The lowest BCUT2D eigenvalue weighted by atomic mass is 10.1. The van der Waals surface area contributed by atoms with Crippen molar-refractivity contribution in [2.24, 2.45) is 0 Å². The largest absolute Gasteiger partial charge is 0.495 e. The van der Waals surface area contributed by atoms with E-state index in [0.717, 1.165) is 10.8 Å². The predicted molar refractivity (Wildman–Crippen MR) is 121 cm³/mol. The maximum absolute atomic E-state index is 12.8. The van der Waals surface area contributed by atoms with Gasteiger partial charge in [-0.15, -0.1) is 0 Å². The number of hydrogen-bond acceptors (Lipinski definition) is 5. The molecule has 0 bridgehead atoms. The lowest BCUT2D eigenvalue weighted by molar-refractivity contribution is -0.118. The van der Waals surface area contributed by atoms with Crippen LogP contribution in [0.3, 0.4) is 0 Å². The summed E-state index contributed by atoms with van der Waals surface area (Å²) < 4.78 is 37.8. The Hall–Kier alpha value is -3.10. The minimum Gasteiger partial charge on any atom is -0.495 e. The molecule has 1 N–H and O–H groups in total. The number of ether oxygens (including phenoxy) is 2. The summed E-state index contributed by atoms with van der Waals surface area (Å²) in [6, 6.07) is 17.8. The second kappa shape index (κ2) is 9.80. The Morgan fingerprint density at radius 2 is 1.68 bits per heavy atom. The molecule has 0 radical (unpaired) electrons. The molecule has 0 spiro atoms. The molecule has 0 unspecified atom stereocenters. The summed E-state index contributed by atoms with van der Waals surface area (Å²) in [4.78, 5) is 12.6. The summed E-state index contributed by atoms with van der Waals surface area (Å²) in [5.41, 5.74) is 0.267. The molecule has 0 aliphatic rings. The fourth-order valence-corrected chi connectivity index (χ4v) is 4.73. The first-order valence-corrected chi connectivity index (χ1v) is 11.4. The topological polar surface area (TPSA) is 84.9 Å². The lowest BCUT2D eigenvalue weighted by Gasteiger charge is -2.19. The molecular weight excluding hydrogens is 416 g/mol. The molecule has 0 aromatic heterocycles. The summed E-state index contributed by atoms with van der Waals surface area (Å²) in [5.74, 6) is 0.500. The Morgan fingerprint density at radius 3 is 2.35 bits per heavy atom. The number of nitrogens with zero attached hydrogens (tertiary/aromatic N) is 1. The van der Waals surface area contributed by atoms with E-state index in [0.29, 0.717) is 24.6 Å². The van der Waals surface area contributed by atoms with Crippen LogP contribution in [0.25, 0.3) is 10.8 Å². The van der Waals surface area contributed by atoms with Crippen LogP contribution in [0.4, 0.5) is 5.69 Å². The van der Waals surface area contributed by atoms with Crippen molar-refractivity contribution >= 4 is 32.4 Å². The minimum absolute atomic E-state index is 0.0859. The van der Waals surface area contributed by atoms with Crippen molar-refractivity contribution in [2.75, 3.05) is 32.1 Å². The first kappa shape index (κ1) is 22.6. The zero-order chi connectivity index (χ0) is 22.4. The van der Waals surface area contributed by atoms with Gasteiger partial charge in [0.15, 0.2) is 6.61 Å². The van der Waals surface area contributed by atoms with Gasteiger partial charge in [0.1, 0.15) is 11.5 Å². The van der Waals surface area contributed by atoms with Crippen LogP contribution in [0.15, 0.2) is 65.6 Å². The molecule has 7 nitrogen and oxygen atoms in total. The monoisotopic (exact) mass is 442 g/mol. The maximum atomic E-state index is 12.8. The second-order valence-corrected chi connectivity index (χ2v) is 8.74. The van der Waals surface area contributed by atoms with Crippen molar-refractivity contribution in [1.82, 2.24) is 4.31 Å². The highest BCUT2D eigenvalue weighted by Gasteiger charge is 2.23. The van der Waals surface area contributed by atoms with Crippen LogP contribution >= 0.6 is 0 Å². The van der Waals surface area contributed by atoms with Crippen molar-refractivity contribution in [3.05, 3.63) is 60.7 Å². The Morgan fingerprint density at radius 1 is 0.968 bits per heavy atom. The van der Waals surface area contributed by atoms with Gasteiger partial charge in [-0.25, -0.2) is 8.42 Å². The smallest absolute Gasteiger partial charge is 0.262 e.